The Balaban J connectivity index is 2.04. The van der Waals surface area contributed by atoms with Crippen molar-refractivity contribution in [3.05, 3.63) is 46.9 Å². The highest BCUT2D eigenvalue weighted by atomic mass is 127. The van der Waals surface area contributed by atoms with Gasteiger partial charge >= 0.3 is 0 Å². The smallest absolute Gasteiger partial charge is 0.231 e. The van der Waals surface area contributed by atoms with Crippen molar-refractivity contribution in [3.8, 4) is 11.5 Å². The quantitative estimate of drug-likeness (QED) is 0.216. The molecule has 1 aromatic rings. The highest BCUT2D eigenvalue weighted by Crippen LogP contribution is 2.35. The third-order valence-electron chi connectivity index (χ3n) is 3.88. The molecule has 0 saturated carbocycles. The van der Waals surface area contributed by atoms with E-state index in [1.165, 1.54) is 0 Å². The van der Waals surface area contributed by atoms with E-state index in [2.05, 4.69) is 29.2 Å². The Morgan fingerprint density at radius 3 is 2.76 bits per heavy atom. The van der Waals surface area contributed by atoms with Crippen molar-refractivity contribution in [3.63, 3.8) is 0 Å². The topological polar surface area (TPSA) is 52.6 Å². The second-order valence-electron chi connectivity index (χ2n) is 5.62. The fourth-order valence-electron chi connectivity index (χ4n) is 2.53. The number of Topliss-reactive ketones (excluding diaryl/α,β-unsaturated/α-hetero) is 1. The lowest BCUT2D eigenvalue weighted by molar-refractivity contribution is 0.0982. The van der Waals surface area contributed by atoms with Gasteiger partial charge in [0.25, 0.3) is 0 Å². The van der Waals surface area contributed by atoms with Gasteiger partial charge in [-0.1, -0.05) is 48.2 Å². The number of carbonyl (C=O) groups excluding carboxylic acids is 1. The number of hydrogen-bond acceptors (Lipinski definition) is 4. The fourth-order valence-corrected chi connectivity index (χ4v) is 3.53. The zero-order valence-corrected chi connectivity index (χ0v) is 17.4. The molecule has 25 heavy (non-hydrogen) atoms. The Morgan fingerprint density at radius 2 is 2.08 bits per heavy atom. The maximum absolute atomic E-state index is 12.6. The number of benzene rings is 1. The molecule has 6 heteroatoms. The summed E-state index contributed by atoms with van der Waals surface area (Å²) in [5, 5.41) is 0. The lowest BCUT2D eigenvalue weighted by Gasteiger charge is -2.09. The van der Waals surface area contributed by atoms with Crippen molar-refractivity contribution < 1.29 is 18.5 Å². The molecule has 0 fully saturated rings. The van der Waals surface area contributed by atoms with E-state index in [1.807, 2.05) is 25.1 Å². The predicted molar refractivity (Wildman–Crippen MR) is 110 cm³/mol. The molecular formula is C19H23IO4S. The Labute approximate surface area is 165 Å². The van der Waals surface area contributed by atoms with Crippen LogP contribution in [0.5, 0.6) is 11.5 Å². The summed E-state index contributed by atoms with van der Waals surface area (Å²) < 4.78 is 23.5. The van der Waals surface area contributed by atoms with Crippen molar-refractivity contribution >= 4 is 39.2 Å². The summed E-state index contributed by atoms with van der Waals surface area (Å²) in [5.41, 5.74) is 1.74. The van der Waals surface area contributed by atoms with Gasteiger partial charge in [-0.3, -0.25) is 9.00 Å². The molecule has 0 bridgehead atoms. The van der Waals surface area contributed by atoms with Crippen LogP contribution in [0.3, 0.4) is 0 Å². The largest absolute Gasteiger partial charge is 0.454 e. The van der Waals surface area contributed by atoms with Crippen LogP contribution in [0.4, 0.5) is 0 Å². The molecule has 1 aliphatic heterocycles. The third kappa shape index (κ3) is 5.67. The molecule has 1 heterocycles. The molecule has 2 rings (SSSR count). The maximum Gasteiger partial charge on any atom is 0.231 e. The van der Waals surface area contributed by atoms with Gasteiger partial charge in [0.2, 0.25) is 6.79 Å². The van der Waals surface area contributed by atoms with Crippen molar-refractivity contribution in [2.75, 3.05) is 17.0 Å². The highest BCUT2D eigenvalue weighted by molar-refractivity contribution is 14.1. The van der Waals surface area contributed by atoms with Gasteiger partial charge in [-0.05, 0) is 41.4 Å². The van der Waals surface area contributed by atoms with E-state index in [-0.39, 0.29) is 12.6 Å². The first-order chi connectivity index (χ1) is 12.1. The summed E-state index contributed by atoms with van der Waals surface area (Å²) in [4.78, 5) is 13.2. The molecule has 0 aromatic heterocycles. The number of halogens is 1. The summed E-state index contributed by atoms with van der Waals surface area (Å²) in [6.07, 6.45) is 6.49. The summed E-state index contributed by atoms with van der Waals surface area (Å²) in [7, 11) is -1.03. The molecule has 1 aromatic carbocycles. The lowest BCUT2D eigenvalue weighted by Crippen LogP contribution is -2.04. The normalized spacial score (nSPS) is 14.0. The standard InChI is InChI=1S/C19H23IO4S/c1-3-25(22)14(2)7-4-5-9-17(21)16-12-19-18(23-13-24-19)11-15(16)8-6-10-20/h4,7,11-12H,2-3,5-6,8-10,13H2,1H3/b7-4-. The van der Waals surface area contributed by atoms with E-state index in [4.69, 9.17) is 9.47 Å². The van der Waals surface area contributed by atoms with Crippen LogP contribution in [0.15, 0.2) is 35.8 Å². The summed E-state index contributed by atoms with van der Waals surface area (Å²) >= 11 is 2.34. The van der Waals surface area contributed by atoms with Gasteiger partial charge in [0, 0.05) is 22.6 Å². The van der Waals surface area contributed by atoms with Crippen LogP contribution in [-0.2, 0) is 17.2 Å². The number of allylic oxidation sites excluding steroid dienone is 2. The number of rotatable bonds is 10. The Bertz CT molecular complexity index is 697. The molecule has 0 saturated heterocycles. The number of carbonyl (C=O) groups is 1. The summed E-state index contributed by atoms with van der Waals surface area (Å²) in [6, 6.07) is 3.74. The molecule has 0 aliphatic carbocycles. The number of ether oxygens (including phenoxy) is 2. The number of hydrogen-bond donors (Lipinski definition) is 0. The van der Waals surface area contributed by atoms with Gasteiger partial charge in [0.1, 0.15) is 0 Å². The van der Waals surface area contributed by atoms with Crippen molar-refractivity contribution in [1.29, 1.82) is 0 Å². The second kappa shape index (κ2) is 10.1. The first-order valence-electron chi connectivity index (χ1n) is 8.32. The summed E-state index contributed by atoms with van der Waals surface area (Å²) in [6.45, 7) is 5.85. The van der Waals surface area contributed by atoms with Crippen LogP contribution in [0, 0.1) is 0 Å². The molecule has 0 radical (unpaired) electrons. The molecule has 1 atom stereocenters. The van der Waals surface area contributed by atoms with Gasteiger partial charge in [0.05, 0.1) is 10.8 Å². The van der Waals surface area contributed by atoms with Crippen molar-refractivity contribution in [2.45, 2.75) is 32.6 Å². The van der Waals surface area contributed by atoms with E-state index < -0.39 is 10.8 Å². The molecule has 1 unspecified atom stereocenters. The number of aryl methyl sites for hydroxylation is 1. The van der Waals surface area contributed by atoms with Crippen molar-refractivity contribution in [2.24, 2.45) is 0 Å². The average molecular weight is 474 g/mol. The van der Waals surface area contributed by atoms with Crippen LogP contribution in [0.25, 0.3) is 0 Å². The number of alkyl halides is 1. The van der Waals surface area contributed by atoms with Crippen LogP contribution < -0.4 is 9.47 Å². The minimum Gasteiger partial charge on any atom is -0.454 e. The molecule has 0 amide bonds. The van der Waals surface area contributed by atoms with E-state index >= 15 is 0 Å². The van der Waals surface area contributed by atoms with Crippen LogP contribution in [-0.4, -0.2) is 27.0 Å². The molecule has 0 spiro atoms. The van der Waals surface area contributed by atoms with Crippen LogP contribution in [0.2, 0.25) is 0 Å². The van der Waals surface area contributed by atoms with Gasteiger partial charge < -0.3 is 9.47 Å². The van der Waals surface area contributed by atoms with Gasteiger partial charge in [-0.25, -0.2) is 0 Å². The molecule has 1 aliphatic rings. The van der Waals surface area contributed by atoms with Gasteiger partial charge in [0.15, 0.2) is 17.3 Å². The van der Waals surface area contributed by atoms with E-state index in [1.54, 1.807) is 6.08 Å². The Kier molecular flexibility index (Phi) is 8.15. The molecule has 136 valence electrons. The van der Waals surface area contributed by atoms with Gasteiger partial charge in [-0.2, -0.15) is 0 Å². The van der Waals surface area contributed by atoms with Gasteiger partial charge in [-0.15, -0.1) is 0 Å². The first-order valence-corrected chi connectivity index (χ1v) is 11.2. The maximum atomic E-state index is 12.6. The Morgan fingerprint density at radius 1 is 1.36 bits per heavy atom. The second-order valence-corrected chi connectivity index (χ2v) is 8.49. The van der Waals surface area contributed by atoms with Crippen LogP contribution in [0.1, 0.15) is 42.1 Å². The first kappa shape index (κ1) is 20.2. The molecule has 4 nitrogen and oxygen atoms in total. The minimum absolute atomic E-state index is 0.0913. The monoisotopic (exact) mass is 474 g/mol. The fraction of sp³-hybridized carbons (Fsp3) is 0.421. The molecule has 0 N–H and O–H groups in total. The zero-order valence-electron chi connectivity index (χ0n) is 14.4. The van der Waals surface area contributed by atoms with E-state index in [0.29, 0.717) is 29.2 Å². The summed E-state index contributed by atoms with van der Waals surface area (Å²) in [5.74, 6) is 2.01. The Hall–Kier alpha value is -1.15. The number of ketones is 1. The average Bonchev–Trinajstić information content (AvgIpc) is 3.08. The van der Waals surface area contributed by atoms with Crippen molar-refractivity contribution in [1.82, 2.24) is 0 Å². The van der Waals surface area contributed by atoms with E-state index in [9.17, 15) is 9.00 Å². The zero-order chi connectivity index (χ0) is 18.2. The van der Waals surface area contributed by atoms with Crippen LogP contribution >= 0.6 is 22.6 Å². The molecular weight excluding hydrogens is 451 g/mol. The predicted octanol–water partition coefficient (Wildman–Crippen LogP) is 4.58. The number of fused-ring (bicyclic) bond motifs is 1. The van der Waals surface area contributed by atoms with E-state index in [0.717, 1.165) is 34.1 Å². The third-order valence-corrected chi connectivity index (χ3v) is 5.88. The minimum atomic E-state index is -1.03. The SMILES string of the molecule is C=C(/C=C\CCC(=O)c1cc2c(cc1CCCI)OCO2)S(=O)CC. The lowest BCUT2D eigenvalue weighted by atomic mass is 9.96. The highest BCUT2D eigenvalue weighted by Gasteiger charge is 2.20.